The van der Waals surface area contributed by atoms with Gasteiger partial charge in [-0.2, -0.15) is 0 Å². The average molecular weight is 440 g/mol. The molecule has 0 aliphatic carbocycles. The van der Waals surface area contributed by atoms with E-state index >= 15 is 0 Å². The summed E-state index contributed by atoms with van der Waals surface area (Å²) in [7, 11) is 1.41. The lowest BCUT2D eigenvalue weighted by atomic mass is 9.96. The Morgan fingerprint density at radius 3 is 2.74 bits per heavy atom. The SMILES string of the molecule is COC(=O)C1CCN(C(=O)CCCc2c(-c3ccccn3)[nH]c3ccc(Cl)cc23)CC1. The number of H-pyrrole nitrogens is 1. The van der Waals surface area contributed by atoms with E-state index in [0.717, 1.165) is 40.7 Å². The fourth-order valence-corrected chi connectivity index (χ4v) is 4.49. The molecule has 6 nitrogen and oxygen atoms in total. The Labute approximate surface area is 186 Å². The number of benzene rings is 1. The van der Waals surface area contributed by atoms with E-state index in [1.807, 2.05) is 41.3 Å². The van der Waals surface area contributed by atoms with Crippen LogP contribution in [-0.4, -0.2) is 46.9 Å². The van der Waals surface area contributed by atoms with E-state index in [9.17, 15) is 9.59 Å². The Morgan fingerprint density at radius 2 is 2.03 bits per heavy atom. The summed E-state index contributed by atoms with van der Waals surface area (Å²) in [6.07, 6.45) is 5.06. The smallest absolute Gasteiger partial charge is 0.308 e. The fourth-order valence-electron chi connectivity index (χ4n) is 4.31. The third-order valence-corrected chi connectivity index (χ3v) is 6.22. The zero-order chi connectivity index (χ0) is 21.8. The summed E-state index contributed by atoms with van der Waals surface area (Å²) in [5.74, 6) is -0.126. The molecular formula is C24H26ClN3O3. The topological polar surface area (TPSA) is 75.3 Å². The molecule has 1 aliphatic heterocycles. The van der Waals surface area contributed by atoms with Crippen molar-refractivity contribution in [1.29, 1.82) is 0 Å². The largest absolute Gasteiger partial charge is 0.469 e. The van der Waals surface area contributed by atoms with Gasteiger partial charge in [0, 0.05) is 41.6 Å². The number of halogens is 1. The van der Waals surface area contributed by atoms with Crippen molar-refractivity contribution in [3.63, 3.8) is 0 Å². The third kappa shape index (κ3) is 4.74. The molecule has 1 saturated heterocycles. The van der Waals surface area contributed by atoms with Crippen molar-refractivity contribution in [3.05, 3.63) is 53.2 Å². The molecule has 3 aromatic rings. The summed E-state index contributed by atoms with van der Waals surface area (Å²) in [4.78, 5) is 34.2. The summed E-state index contributed by atoms with van der Waals surface area (Å²) >= 11 is 6.25. The van der Waals surface area contributed by atoms with Gasteiger partial charge in [-0.05, 0) is 61.6 Å². The van der Waals surface area contributed by atoms with E-state index in [-0.39, 0.29) is 17.8 Å². The number of rotatable bonds is 6. The Balaban J connectivity index is 1.44. The van der Waals surface area contributed by atoms with Crippen LogP contribution in [0.25, 0.3) is 22.3 Å². The van der Waals surface area contributed by atoms with Crippen molar-refractivity contribution in [2.75, 3.05) is 20.2 Å². The number of nitrogens with one attached hydrogen (secondary N) is 1. The van der Waals surface area contributed by atoms with Gasteiger partial charge in [-0.3, -0.25) is 14.6 Å². The van der Waals surface area contributed by atoms with Crippen molar-refractivity contribution in [2.45, 2.75) is 32.1 Å². The number of aryl methyl sites for hydroxylation is 1. The van der Waals surface area contributed by atoms with Crippen molar-refractivity contribution >= 4 is 34.4 Å². The van der Waals surface area contributed by atoms with E-state index in [2.05, 4.69) is 9.97 Å². The highest BCUT2D eigenvalue weighted by molar-refractivity contribution is 6.31. The van der Waals surface area contributed by atoms with Gasteiger partial charge in [-0.25, -0.2) is 0 Å². The molecular weight excluding hydrogens is 414 g/mol. The molecule has 0 unspecified atom stereocenters. The molecule has 0 bridgehead atoms. The molecule has 1 aliphatic rings. The maximum absolute atomic E-state index is 12.7. The number of pyridine rings is 1. The van der Waals surface area contributed by atoms with Crippen LogP contribution in [0.1, 0.15) is 31.2 Å². The van der Waals surface area contributed by atoms with Crippen LogP contribution in [-0.2, 0) is 20.7 Å². The van der Waals surface area contributed by atoms with Gasteiger partial charge in [0.25, 0.3) is 0 Å². The number of ether oxygens (including phenoxy) is 1. The average Bonchev–Trinajstić information content (AvgIpc) is 3.17. The summed E-state index contributed by atoms with van der Waals surface area (Å²) < 4.78 is 4.82. The van der Waals surface area contributed by atoms with Crippen LogP contribution in [0.3, 0.4) is 0 Å². The molecule has 1 fully saturated rings. The first-order valence-electron chi connectivity index (χ1n) is 10.6. The summed E-state index contributed by atoms with van der Waals surface area (Å²) in [6.45, 7) is 1.22. The summed E-state index contributed by atoms with van der Waals surface area (Å²) in [6, 6.07) is 11.6. The van der Waals surface area contributed by atoms with E-state index in [4.69, 9.17) is 16.3 Å². The molecule has 1 aromatic carbocycles. The minimum Gasteiger partial charge on any atom is -0.469 e. The molecule has 7 heteroatoms. The molecule has 1 amide bonds. The highest BCUT2D eigenvalue weighted by Gasteiger charge is 2.27. The molecule has 162 valence electrons. The van der Waals surface area contributed by atoms with Gasteiger partial charge in [0.15, 0.2) is 0 Å². The Hall–Kier alpha value is -2.86. The molecule has 1 N–H and O–H groups in total. The number of hydrogen-bond donors (Lipinski definition) is 1. The lowest BCUT2D eigenvalue weighted by molar-refractivity contribution is -0.148. The number of methoxy groups -OCH3 is 1. The lowest BCUT2D eigenvalue weighted by Crippen LogP contribution is -2.40. The van der Waals surface area contributed by atoms with Crippen LogP contribution in [0.4, 0.5) is 0 Å². The number of piperidine rings is 1. The molecule has 3 heterocycles. The molecule has 2 aromatic heterocycles. The van der Waals surface area contributed by atoms with E-state index in [1.54, 1.807) is 6.20 Å². The number of hydrogen-bond acceptors (Lipinski definition) is 4. The highest BCUT2D eigenvalue weighted by Crippen LogP contribution is 2.32. The van der Waals surface area contributed by atoms with Crippen LogP contribution in [0.15, 0.2) is 42.6 Å². The van der Waals surface area contributed by atoms with Crippen LogP contribution >= 0.6 is 11.6 Å². The predicted molar refractivity (Wildman–Crippen MR) is 121 cm³/mol. The van der Waals surface area contributed by atoms with Crippen molar-refractivity contribution in [3.8, 4) is 11.4 Å². The van der Waals surface area contributed by atoms with Gasteiger partial charge in [-0.1, -0.05) is 17.7 Å². The van der Waals surface area contributed by atoms with Crippen LogP contribution in [0, 0.1) is 5.92 Å². The molecule has 0 saturated carbocycles. The van der Waals surface area contributed by atoms with E-state index in [1.165, 1.54) is 7.11 Å². The van der Waals surface area contributed by atoms with Gasteiger partial charge in [0.1, 0.15) is 0 Å². The first-order valence-corrected chi connectivity index (χ1v) is 11.0. The number of nitrogens with zero attached hydrogens (tertiary/aromatic N) is 2. The second kappa shape index (κ2) is 9.52. The lowest BCUT2D eigenvalue weighted by Gasteiger charge is -2.30. The number of likely N-dealkylation sites (tertiary alicyclic amines) is 1. The predicted octanol–water partition coefficient (Wildman–Crippen LogP) is 4.62. The van der Waals surface area contributed by atoms with Crippen molar-refractivity contribution < 1.29 is 14.3 Å². The number of aromatic amines is 1. The number of aromatic nitrogens is 2. The minimum atomic E-state index is -0.174. The van der Waals surface area contributed by atoms with Gasteiger partial charge in [0.2, 0.25) is 5.91 Å². The molecule has 0 atom stereocenters. The normalized spacial score (nSPS) is 14.7. The second-order valence-corrected chi connectivity index (χ2v) is 8.35. The third-order valence-electron chi connectivity index (χ3n) is 5.99. The van der Waals surface area contributed by atoms with Crippen molar-refractivity contribution in [1.82, 2.24) is 14.9 Å². The Morgan fingerprint density at radius 1 is 1.23 bits per heavy atom. The van der Waals surface area contributed by atoms with Crippen LogP contribution in [0.2, 0.25) is 5.02 Å². The highest BCUT2D eigenvalue weighted by atomic mass is 35.5. The summed E-state index contributed by atoms with van der Waals surface area (Å²) in [5, 5.41) is 1.75. The second-order valence-electron chi connectivity index (χ2n) is 7.92. The first kappa shape index (κ1) is 21.4. The maximum Gasteiger partial charge on any atom is 0.308 e. The first-order chi connectivity index (χ1) is 15.1. The summed E-state index contributed by atoms with van der Waals surface area (Å²) in [5.41, 5.74) is 4.00. The maximum atomic E-state index is 12.7. The fraction of sp³-hybridized carbons (Fsp3) is 0.375. The zero-order valence-electron chi connectivity index (χ0n) is 17.6. The minimum absolute atomic E-state index is 0.0917. The Bertz CT molecular complexity index is 1070. The number of carbonyl (C=O) groups excluding carboxylic acids is 2. The number of esters is 1. The number of fused-ring (bicyclic) bond motifs is 1. The van der Waals surface area contributed by atoms with Gasteiger partial charge in [0.05, 0.1) is 24.4 Å². The number of amides is 1. The standard InChI is InChI=1S/C24H26ClN3O3/c1-31-24(30)16-10-13-28(14-11-16)22(29)7-4-5-18-19-15-17(25)8-9-20(19)27-23(18)21-6-2-3-12-26-21/h2-3,6,8-9,12,15-16,27H,4-5,7,10-11,13-14H2,1H3. The zero-order valence-corrected chi connectivity index (χ0v) is 18.3. The van der Waals surface area contributed by atoms with Gasteiger partial charge >= 0.3 is 5.97 Å². The van der Waals surface area contributed by atoms with Crippen LogP contribution < -0.4 is 0 Å². The van der Waals surface area contributed by atoms with Gasteiger partial charge < -0.3 is 14.6 Å². The molecule has 0 spiro atoms. The Kier molecular flexibility index (Phi) is 6.56. The monoisotopic (exact) mass is 439 g/mol. The van der Waals surface area contributed by atoms with Crippen LogP contribution in [0.5, 0.6) is 0 Å². The van der Waals surface area contributed by atoms with Crippen molar-refractivity contribution in [2.24, 2.45) is 5.92 Å². The van der Waals surface area contributed by atoms with E-state index < -0.39 is 0 Å². The van der Waals surface area contributed by atoms with Gasteiger partial charge in [-0.15, -0.1) is 0 Å². The molecule has 4 rings (SSSR count). The molecule has 0 radical (unpaired) electrons. The molecule has 31 heavy (non-hydrogen) atoms. The van der Waals surface area contributed by atoms with E-state index in [0.29, 0.717) is 37.4 Å². The number of carbonyl (C=O) groups is 2. The quantitative estimate of drug-likeness (QED) is 0.569.